The van der Waals surface area contributed by atoms with E-state index in [4.69, 9.17) is 5.73 Å². The van der Waals surface area contributed by atoms with Crippen LogP contribution in [0.25, 0.3) is 0 Å². The lowest BCUT2D eigenvalue weighted by molar-refractivity contribution is -0.118. The monoisotopic (exact) mass is 243 g/mol. The fourth-order valence-electron chi connectivity index (χ4n) is 1.79. The van der Waals surface area contributed by atoms with Gasteiger partial charge in [-0.15, -0.1) is 0 Å². The van der Waals surface area contributed by atoms with Gasteiger partial charge in [0.1, 0.15) is 0 Å². The minimum absolute atomic E-state index is 0.110. The highest BCUT2D eigenvalue weighted by molar-refractivity contribution is 5.82. The molecule has 0 aliphatic carbocycles. The van der Waals surface area contributed by atoms with Gasteiger partial charge in [0, 0.05) is 52.4 Å². The van der Waals surface area contributed by atoms with Crippen molar-refractivity contribution in [2.75, 3.05) is 65.4 Å². The summed E-state index contributed by atoms with van der Waals surface area (Å²) in [5, 5.41) is 10.1. The molecule has 0 aromatic rings. The topological polar surface area (TPSA) is 82.4 Å². The first-order chi connectivity index (χ1) is 8.33. The highest BCUT2D eigenvalue weighted by Gasteiger charge is 2.09. The van der Waals surface area contributed by atoms with Gasteiger partial charge in [0.05, 0.1) is 13.1 Å². The maximum absolute atomic E-state index is 11.3. The molecule has 0 aromatic heterocycles. The number of nitrogens with zero attached hydrogens (tertiary/aromatic N) is 1. The Kier molecular flexibility index (Phi) is 8.12. The van der Waals surface area contributed by atoms with E-state index >= 15 is 0 Å². The highest BCUT2D eigenvalue weighted by Crippen LogP contribution is 1.87. The molecule has 1 rings (SSSR count). The molecule has 1 aliphatic heterocycles. The van der Waals surface area contributed by atoms with Crippen LogP contribution in [-0.2, 0) is 4.79 Å². The van der Waals surface area contributed by atoms with Crippen molar-refractivity contribution in [2.45, 2.75) is 0 Å². The number of rotatable bonds is 3. The van der Waals surface area contributed by atoms with E-state index in [1.807, 2.05) is 0 Å². The number of hydrogen-bond acceptors (Lipinski definition) is 6. The van der Waals surface area contributed by atoms with Crippen molar-refractivity contribution in [3.05, 3.63) is 0 Å². The lowest BCUT2D eigenvalue weighted by Gasteiger charge is -2.22. The van der Waals surface area contributed by atoms with Gasteiger partial charge in [0.15, 0.2) is 5.78 Å². The van der Waals surface area contributed by atoms with Gasteiger partial charge in [0.2, 0.25) is 0 Å². The molecule has 1 saturated heterocycles. The Labute approximate surface area is 103 Å². The first-order valence-electron chi connectivity index (χ1n) is 6.39. The number of nitrogens with one attached hydrogen (secondary N) is 3. The number of nitrogens with two attached hydrogens (primary N) is 1. The second kappa shape index (κ2) is 9.49. The molecule has 1 fully saturated rings. The maximum Gasteiger partial charge on any atom is 0.160 e. The average Bonchev–Trinajstić information content (AvgIpc) is 2.32. The number of carbonyl (C=O) groups excluding carboxylic acids is 1. The van der Waals surface area contributed by atoms with E-state index in [-0.39, 0.29) is 12.3 Å². The van der Waals surface area contributed by atoms with Gasteiger partial charge in [-0.05, 0) is 0 Å². The molecule has 0 radical (unpaired) electrons. The molecule has 0 amide bonds. The lowest BCUT2D eigenvalue weighted by atomic mass is 10.3. The van der Waals surface area contributed by atoms with Crippen LogP contribution in [0.4, 0.5) is 0 Å². The fraction of sp³-hybridized carbons (Fsp3) is 0.909. The molecule has 1 aliphatic rings. The third kappa shape index (κ3) is 7.40. The van der Waals surface area contributed by atoms with Crippen LogP contribution in [0.2, 0.25) is 0 Å². The van der Waals surface area contributed by atoms with E-state index in [1.165, 1.54) is 0 Å². The zero-order chi connectivity index (χ0) is 12.3. The second-order valence-electron chi connectivity index (χ2n) is 4.27. The van der Waals surface area contributed by atoms with Gasteiger partial charge in [-0.3, -0.25) is 9.69 Å². The molecule has 6 heteroatoms. The normalized spacial score (nSPS) is 21.5. The van der Waals surface area contributed by atoms with Crippen LogP contribution in [0, 0.1) is 0 Å². The maximum atomic E-state index is 11.3. The van der Waals surface area contributed by atoms with Crippen molar-refractivity contribution >= 4 is 5.78 Å². The van der Waals surface area contributed by atoms with E-state index in [1.54, 1.807) is 0 Å². The highest BCUT2D eigenvalue weighted by atomic mass is 16.1. The van der Waals surface area contributed by atoms with Gasteiger partial charge in [-0.25, -0.2) is 0 Å². The molecule has 0 aromatic carbocycles. The predicted octanol–water partition coefficient (Wildman–Crippen LogP) is -2.40. The standard InChI is InChI=1S/C11H25N5O/c12-9-11(17)10-16-7-5-14-3-1-13-2-4-15-6-8-16/h13-15H,1-10,12H2. The summed E-state index contributed by atoms with van der Waals surface area (Å²) in [6.45, 7) is 8.16. The molecular formula is C11H25N5O. The zero-order valence-electron chi connectivity index (χ0n) is 10.5. The Balaban J connectivity index is 2.29. The third-order valence-corrected chi connectivity index (χ3v) is 2.79. The first kappa shape index (κ1) is 14.5. The third-order valence-electron chi connectivity index (χ3n) is 2.79. The Morgan fingerprint density at radius 1 is 0.941 bits per heavy atom. The average molecular weight is 243 g/mol. The smallest absolute Gasteiger partial charge is 0.160 e. The zero-order valence-corrected chi connectivity index (χ0v) is 10.5. The molecule has 1 heterocycles. The largest absolute Gasteiger partial charge is 0.324 e. The Morgan fingerprint density at radius 3 is 1.88 bits per heavy atom. The van der Waals surface area contributed by atoms with Crippen LogP contribution >= 0.6 is 0 Å². The molecule has 17 heavy (non-hydrogen) atoms. The number of hydrogen-bond donors (Lipinski definition) is 4. The Morgan fingerprint density at radius 2 is 1.41 bits per heavy atom. The summed E-state index contributed by atoms with van der Waals surface area (Å²) in [5.41, 5.74) is 5.34. The molecule has 0 saturated carbocycles. The molecule has 0 unspecified atom stereocenters. The van der Waals surface area contributed by atoms with E-state index in [0.29, 0.717) is 6.54 Å². The van der Waals surface area contributed by atoms with Crippen molar-refractivity contribution in [1.29, 1.82) is 0 Å². The summed E-state index contributed by atoms with van der Waals surface area (Å²) >= 11 is 0. The fourth-order valence-corrected chi connectivity index (χ4v) is 1.79. The van der Waals surface area contributed by atoms with Crippen molar-refractivity contribution < 1.29 is 4.79 Å². The van der Waals surface area contributed by atoms with Crippen molar-refractivity contribution in [3.63, 3.8) is 0 Å². The number of carbonyl (C=O) groups is 1. The van der Waals surface area contributed by atoms with Gasteiger partial charge in [-0.2, -0.15) is 0 Å². The van der Waals surface area contributed by atoms with E-state index < -0.39 is 0 Å². The summed E-state index contributed by atoms with van der Waals surface area (Å²) in [4.78, 5) is 13.5. The van der Waals surface area contributed by atoms with Crippen LogP contribution in [0.5, 0.6) is 0 Å². The van der Waals surface area contributed by atoms with Crippen molar-refractivity contribution in [3.8, 4) is 0 Å². The van der Waals surface area contributed by atoms with Gasteiger partial charge >= 0.3 is 0 Å². The van der Waals surface area contributed by atoms with Crippen LogP contribution in [-0.4, -0.2) is 76.1 Å². The summed E-state index contributed by atoms with van der Waals surface area (Å²) in [5.74, 6) is 0.110. The van der Waals surface area contributed by atoms with Crippen LogP contribution in [0.3, 0.4) is 0 Å². The van der Waals surface area contributed by atoms with E-state index in [2.05, 4.69) is 20.9 Å². The number of ketones is 1. The predicted molar refractivity (Wildman–Crippen MR) is 69.1 cm³/mol. The molecular weight excluding hydrogens is 218 g/mol. The number of Topliss-reactive ketones (excluding diaryl/α,β-unsaturated/α-hetero) is 1. The van der Waals surface area contributed by atoms with E-state index in [0.717, 1.165) is 52.4 Å². The minimum Gasteiger partial charge on any atom is -0.324 e. The van der Waals surface area contributed by atoms with Crippen LogP contribution < -0.4 is 21.7 Å². The first-order valence-corrected chi connectivity index (χ1v) is 6.39. The minimum atomic E-state index is 0.110. The molecule has 100 valence electrons. The summed E-state index contributed by atoms with van der Waals surface area (Å²) in [6, 6.07) is 0. The SMILES string of the molecule is NCC(=O)CN1CCNCCNCCNCC1. The van der Waals surface area contributed by atoms with Crippen molar-refractivity contribution in [1.82, 2.24) is 20.9 Å². The Bertz CT molecular complexity index is 200. The summed E-state index contributed by atoms with van der Waals surface area (Å²) in [6.07, 6.45) is 0. The molecule has 0 spiro atoms. The molecule has 6 nitrogen and oxygen atoms in total. The summed E-state index contributed by atoms with van der Waals surface area (Å²) in [7, 11) is 0. The molecule has 0 atom stereocenters. The van der Waals surface area contributed by atoms with Gasteiger partial charge in [-0.1, -0.05) is 0 Å². The quantitative estimate of drug-likeness (QED) is 0.442. The van der Waals surface area contributed by atoms with E-state index in [9.17, 15) is 4.79 Å². The lowest BCUT2D eigenvalue weighted by Crippen LogP contribution is -2.44. The van der Waals surface area contributed by atoms with Crippen LogP contribution in [0.15, 0.2) is 0 Å². The summed E-state index contributed by atoms with van der Waals surface area (Å²) < 4.78 is 0. The second-order valence-corrected chi connectivity index (χ2v) is 4.27. The molecule has 5 N–H and O–H groups in total. The molecule has 0 bridgehead atoms. The van der Waals surface area contributed by atoms with Gasteiger partial charge in [0.25, 0.3) is 0 Å². The Hall–Kier alpha value is -0.530. The van der Waals surface area contributed by atoms with Crippen molar-refractivity contribution in [2.24, 2.45) is 5.73 Å². The van der Waals surface area contributed by atoms with Gasteiger partial charge < -0.3 is 21.7 Å². The van der Waals surface area contributed by atoms with Crippen LogP contribution in [0.1, 0.15) is 0 Å².